The predicted octanol–water partition coefficient (Wildman–Crippen LogP) is 2.92. The second kappa shape index (κ2) is 6.93. The van der Waals surface area contributed by atoms with E-state index in [0.29, 0.717) is 0 Å². The van der Waals surface area contributed by atoms with E-state index >= 15 is 0 Å². The number of aliphatic hydroxyl groups excluding tert-OH is 1. The van der Waals surface area contributed by atoms with Crippen LogP contribution < -0.4 is 10.5 Å². The smallest absolute Gasteiger partial charge is 0.406 e. The van der Waals surface area contributed by atoms with Gasteiger partial charge in [-0.05, 0) is 24.6 Å². The summed E-state index contributed by atoms with van der Waals surface area (Å²) in [6.45, 7) is 1.62. The van der Waals surface area contributed by atoms with Gasteiger partial charge in [0.15, 0.2) is 0 Å². The van der Waals surface area contributed by atoms with Gasteiger partial charge in [0, 0.05) is 5.56 Å². The summed E-state index contributed by atoms with van der Waals surface area (Å²) in [5.74, 6) is -1.36. The van der Waals surface area contributed by atoms with Crippen molar-refractivity contribution in [1.29, 1.82) is 0 Å². The highest BCUT2D eigenvalue weighted by Crippen LogP contribution is 2.28. The molecule has 1 aromatic carbocycles. The summed E-state index contributed by atoms with van der Waals surface area (Å²) < 4.78 is 53.1. The molecule has 1 aromatic rings. The zero-order valence-corrected chi connectivity index (χ0v) is 10.8. The Morgan fingerprint density at radius 3 is 2.42 bits per heavy atom. The minimum atomic E-state index is -4.86. The highest BCUT2D eigenvalue weighted by Gasteiger charge is 2.31. The van der Waals surface area contributed by atoms with Crippen LogP contribution in [-0.2, 0) is 0 Å². The van der Waals surface area contributed by atoms with Crippen molar-refractivity contribution in [3.8, 4) is 5.75 Å². The molecule has 0 heterocycles. The molecule has 0 bridgehead atoms. The second-order valence-electron chi connectivity index (χ2n) is 3.73. The van der Waals surface area contributed by atoms with Gasteiger partial charge in [0.05, 0.1) is 12.1 Å². The van der Waals surface area contributed by atoms with Crippen LogP contribution in [0.25, 0.3) is 0 Å². The maximum atomic E-state index is 13.4. The van der Waals surface area contributed by atoms with Crippen LogP contribution in [0.3, 0.4) is 0 Å². The van der Waals surface area contributed by atoms with Gasteiger partial charge in [0.1, 0.15) is 11.6 Å². The molecule has 0 saturated heterocycles. The molecule has 8 heteroatoms. The lowest BCUT2D eigenvalue weighted by molar-refractivity contribution is -0.274. The van der Waals surface area contributed by atoms with Crippen LogP contribution >= 0.6 is 12.4 Å². The van der Waals surface area contributed by atoms with Gasteiger partial charge < -0.3 is 15.6 Å². The molecule has 0 fully saturated rings. The van der Waals surface area contributed by atoms with E-state index in [0.717, 1.165) is 18.2 Å². The first kappa shape index (κ1) is 17.9. The second-order valence-corrected chi connectivity index (χ2v) is 3.73. The van der Waals surface area contributed by atoms with E-state index in [1.54, 1.807) is 6.92 Å². The lowest BCUT2D eigenvalue weighted by Crippen LogP contribution is -2.26. The normalized spacial score (nSPS) is 14.5. The molecule has 0 saturated carbocycles. The molecule has 110 valence electrons. The molecule has 0 radical (unpaired) electrons. The number of alkyl halides is 3. The quantitative estimate of drug-likeness (QED) is 0.841. The molecule has 0 aliphatic carbocycles. The van der Waals surface area contributed by atoms with Gasteiger partial charge in [-0.25, -0.2) is 4.39 Å². The summed E-state index contributed by atoms with van der Waals surface area (Å²) in [4.78, 5) is 0. The number of hydrogen-bond donors (Lipinski definition) is 2. The Labute approximate surface area is 113 Å². The van der Waals surface area contributed by atoms with Crippen molar-refractivity contribution in [2.45, 2.75) is 31.9 Å². The SMILES string of the molecule is CC[C@@H](O)[C@@H](N)c1cc(OC(F)(F)F)ccc1F.Cl. The molecule has 2 atom stereocenters. The molecule has 19 heavy (non-hydrogen) atoms. The monoisotopic (exact) mass is 303 g/mol. The molecule has 0 amide bonds. The first-order valence-electron chi connectivity index (χ1n) is 5.23. The third kappa shape index (κ3) is 5.22. The van der Waals surface area contributed by atoms with Gasteiger partial charge in [-0.2, -0.15) is 0 Å². The molecule has 0 spiro atoms. The maximum Gasteiger partial charge on any atom is 0.573 e. The zero-order valence-electron chi connectivity index (χ0n) is 9.95. The Morgan fingerprint density at radius 1 is 1.37 bits per heavy atom. The first-order chi connectivity index (χ1) is 8.24. The van der Waals surface area contributed by atoms with Gasteiger partial charge in [-0.3, -0.25) is 0 Å². The lowest BCUT2D eigenvalue weighted by atomic mass is 10.00. The Kier molecular flexibility index (Phi) is 6.54. The van der Waals surface area contributed by atoms with Gasteiger partial charge in [-0.1, -0.05) is 6.92 Å². The van der Waals surface area contributed by atoms with E-state index in [1.807, 2.05) is 0 Å². The van der Waals surface area contributed by atoms with E-state index in [2.05, 4.69) is 4.74 Å². The topological polar surface area (TPSA) is 55.5 Å². The average Bonchev–Trinajstić information content (AvgIpc) is 2.28. The first-order valence-corrected chi connectivity index (χ1v) is 5.23. The van der Waals surface area contributed by atoms with Crippen molar-refractivity contribution in [2.75, 3.05) is 0 Å². The van der Waals surface area contributed by atoms with Crippen molar-refractivity contribution in [1.82, 2.24) is 0 Å². The Balaban J connectivity index is 0.00000324. The molecule has 3 N–H and O–H groups in total. The number of halogens is 5. The molecular weight excluding hydrogens is 290 g/mol. The molecule has 3 nitrogen and oxygen atoms in total. The van der Waals surface area contributed by atoms with Crippen LogP contribution in [0, 0.1) is 5.82 Å². The Morgan fingerprint density at radius 2 is 1.95 bits per heavy atom. The summed E-state index contributed by atoms with van der Waals surface area (Å²) in [6.07, 6.45) is -5.64. The van der Waals surface area contributed by atoms with Gasteiger partial charge >= 0.3 is 6.36 Å². The summed E-state index contributed by atoms with van der Waals surface area (Å²) in [7, 11) is 0. The highest BCUT2D eigenvalue weighted by molar-refractivity contribution is 5.85. The van der Waals surface area contributed by atoms with Crippen LogP contribution in [0.2, 0.25) is 0 Å². The average molecular weight is 304 g/mol. The Hall–Kier alpha value is -1.05. The molecule has 0 unspecified atom stereocenters. The summed E-state index contributed by atoms with van der Waals surface area (Å²) in [6, 6.07) is 1.40. The van der Waals surface area contributed by atoms with Crippen LogP contribution in [0.5, 0.6) is 5.75 Å². The number of hydrogen-bond acceptors (Lipinski definition) is 3. The third-order valence-electron chi connectivity index (χ3n) is 2.39. The fourth-order valence-corrected chi connectivity index (χ4v) is 1.44. The molecule has 0 aliphatic heterocycles. The minimum absolute atomic E-state index is 0. The van der Waals surface area contributed by atoms with Gasteiger partial charge in [0.25, 0.3) is 0 Å². The van der Waals surface area contributed by atoms with E-state index < -0.39 is 30.1 Å². The third-order valence-corrected chi connectivity index (χ3v) is 2.39. The van der Waals surface area contributed by atoms with Crippen molar-refractivity contribution >= 4 is 12.4 Å². The number of nitrogens with two attached hydrogens (primary N) is 1. The highest BCUT2D eigenvalue weighted by atomic mass is 35.5. The van der Waals surface area contributed by atoms with Crippen molar-refractivity contribution in [3.63, 3.8) is 0 Å². The number of benzene rings is 1. The molecule has 0 aliphatic rings. The summed E-state index contributed by atoms with van der Waals surface area (Å²) >= 11 is 0. The molecule has 1 rings (SSSR count). The molecular formula is C11H14ClF4NO2. The fourth-order valence-electron chi connectivity index (χ4n) is 1.44. The molecule has 0 aromatic heterocycles. The number of rotatable bonds is 4. The zero-order chi connectivity index (χ0) is 13.9. The summed E-state index contributed by atoms with van der Waals surface area (Å²) in [5.41, 5.74) is 5.34. The minimum Gasteiger partial charge on any atom is -0.406 e. The predicted molar refractivity (Wildman–Crippen MR) is 63.6 cm³/mol. The fraction of sp³-hybridized carbons (Fsp3) is 0.455. The van der Waals surface area contributed by atoms with Crippen LogP contribution in [0.15, 0.2) is 18.2 Å². The lowest BCUT2D eigenvalue weighted by Gasteiger charge is -2.19. The van der Waals surface area contributed by atoms with E-state index in [-0.39, 0.29) is 24.4 Å². The van der Waals surface area contributed by atoms with Gasteiger partial charge in [-0.15, -0.1) is 25.6 Å². The largest absolute Gasteiger partial charge is 0.573 e. The summed E-state index contributed by atoms with van der Waals surface area (Å²) in [5, 5.41) is 9.47. The van der Waals surface area contributed by atoms with E-state index in [9.17, 15) is 22.7 Å². The van der Waals surface area contributed by atoms with Crippen LogP contribution in [-0.4, -0.2) is 17.6 Å². The standard InChI is InChI=1S/C11H13F4NO2.ClH/c1-2-9(17)10(16)7-5-6(3-4-8(7)12)18-11(13,14)15;/h3-5,9-10,17H,2,16H2,1H3;1H/t9-,10+;/m1./s1. The van der Waals surface area contributed by atoms with Crippen molar-refractivity contribution in [3.05, 3.63) is 29.6 Å². The number of aliphatic hydroxyl groups is 1. The number of ether oxygens (including phenoxy) is 1. The van der Waals surface area contributed by atoms with E-state index in [4.69, 9.17) is 5.73 Å². The van der Waals surface area contributed by atoms with Crippen LogP contribution in [0.1, 0.15) is 24.9 Å². The van der Waals surface area contributed by atoms with E-state index in [1.165, 1.54) is 0 Å². The van der Waals surface area contributed by atoms with Gasteiger partial charge in [0.2, 0.25) is 0 Å². The Bertz CT molecular complexity index is 414. The van der Waals surface area contributed by atoms with Crippen LogP contribution in [0.4, 0.5) is 17.6 Å². The van der Waals surface area contributed by atoms with Crippen molar-refractivity contribution in [2.24, 2.45) is 5.73 Å². The maximum absolute atomic E-state index is 13.4. The van der Waals surface area contributed by atoms with Crippen molar-refractivity contribution < 1.29 is 27.4 Å².